The molecule has 2 aromatic carbocycles. The van der Waals surface area contributed by atoms with E-state index in [-0.39, 0.29) is 11.5 Å². The van der Waals surface area contributed by atoms with E-state index in [4.69, 9.17) is 4.74 Å². The van der Waals surface area contributed by atoms with Gasteiger partial charge in [0, 0.05) is 18.1 Å². The third-order valence-corrected chi connectivity index (χ3v) is 4.41. The van der Waals surface area contributed by atoms with Gasteiger partial charge < -0.3 is 10.1 Å². The van der Waals surface area contributed by atoms with Gasteiger partial charge in [-0.15, -0.1) is 0 Å². The number of anilines is 1. The van der Waals surface area contributed by atoms with E-state index >= 15 is 0 Å². The Morgan fingerprint density at radius 3 is 2.59 bits per heavy atom. The molecule has 0 aliphatic rings. The number of fused-ring (bicyclic) bond motifs is 1. The van der Waals surface area contributed by atoms with Gasteiger partial charge in [-0.1, -0.05) is 19.1 Å². The number of carbonyl (C=O) groups excluding carboxylic acids is 2. The van der Waals surface area contributed by atoms with E-state index in [9.17, 15) is 9.59 Å². The fraction of sp³-hybridized carbons (Fsp3) is 0.238. The Morgan fingerprint density at radius 2 is 1.85 bits per heavy atom. The standard InChI is InChI=1S/C21H21N3O3/c1-4-18(20(25)24-15-9-8-13(2)14(3)12-15)27-21(26)16-6-5-7-17-19(16)23-11-10-22-17/h5-12,18H,4H2,1-3H3,(H,24,25). The van der Waals surface area contributed by atoms with Crippen molar-refractivity contribution in [2.75, 3.05) is 5.32 Å². The minimum absolute atomic E-state index is 0.290. The molecule has 138 valence electrons. The number of carbonyl (C=O) groups is 2. The maximum Gasteiger partial charge on any atom is 0.341 e. The highest BCUT2D eigenvalue weighted by Crippen LogP contribution is 2.18. The van der Waals surface area contributed by atoms with Gasteiger partial charge in [-0.3, -0.25) is 14.8 Å². The average molecular weight is 363 g/mol. The smallest absolute Gasteiger partial charge is 0.341 e. The fourth-order valence-electron chi connectivity index (χ4n) is 2.71. The van der Waals surface area contributed by atoms with Crippen LogP contribution in [-0.4, -0.2) is 27.9 Å². The monoisotopic (exact) mass is 363 g/mol. The van der Waals surface area contributed by atoms with Crippen LogP contribution in [0.4, 0.5) is 5.69 Å². The number of ether oxygens (including phenoxy) is 1. The Morgan fingerprint density at radius 1 is 1.07 bits per heavy atom. The molecule has 1 N–H and O–H groups in total. The SMILES string of the molecule is CCC(OC(=O)c1cccc2nccnc12)C(=O)Nc1ccc(C)c(C)c1. The quantitative estimate of drug-likeness (QED) is 0.697. The van der Waals surface area contributed by atoms with Crippen molar-refractivity contribution in [3.8, 4) is 0 Å². The van der Waals surface area contributed by atoms with Gasteiger partial charge in [0.25, 0.3) is 5.91 Å². The molecule has 1 heterocycles. The second kappa shape index (κ2) is 7.95. The average Bonchev–Trinajstić information content (AvgIpc) is 2.68. The van der Waals surface area contributed by atoms with Crippen LogP contribution in [0.25, 0.3) is 11.0 Å². The van der Waals surface area contributed by atoms with Gasteiger partial charge in [-0.25, -0.2) is 4.79 Å². The summed E-state index contributed by atoms with van der Waals surface area (Å²) in [7, 11) is 0. The highest BCUT2D eigenvalue weighted by Gasteiger charge is 2.23. The number of aryl methyl sites for hydroxylation is 2. The molecule has 3 aromatic rings. The van der Waals surface area contributed by atoms with Crippen LogP contribution in [0, 0.1) is 13.8 Å². The molecule has 0 aliphatic carbocycles. The van der Waals surface area contributed by atoms with E-state index in [0.29, 0.717) is 23.1 Å². The highest BCUT2D eigenvalue weighted by atomic mass is 16.5. The summed E-state index contributed by atoms with van der Waals surface area (Å²) in [4.78, 5) is 33.5. The molecule has 0 saturated heterocycles. The van der Waals surface area contributed by atoms with Crippen molar-refractivity contribution in [1.82, 2.24) is 9.97 Å². The molecule has 1 atom stereocenters. The minimum atomic E-state index is -0.897. The Bertz CT molecular complexity index is 996. The van der Waals surface area contributed by atoms with Crippen molar-refractivity contribution in [1.29, 1.82) is 0 Å². The largest absolute Gasteiger partial charge is 0.449 e. The molecule has 1 amide bonds. The zero-order valence-corrected chi connectivity index (χ0v) is 15.5. The maximum absolute atomic E-state index is 12.6. The molecule has 1 aromatic heterocycles. The van der Waals surface area contributed by atoms with Crippen molar-refractivity contribution in [3.63, 3.8) is 0 Å². The number of amides is 1. The van der Waals surface area contributed by atoms with Crippen LogP contribution >= 0.6 is 0 Å². The number of rotatable bonds is 5. The van der Waals surface area contributed by atoms with Crippen LogP contribution in [0.3, 0.4) is 0 Å². The lowest BCUT2D eigenvalue weighted by molar-refractivity contribution is -0.124. The zero-order chi connectivity index (χ0) is 19.4. The number of esters is 1. The Hall–Kier alpha value is -3.28. The lowest BCUT2D eigenvalue weighted by Gasteiger charge is -2.17. The predicted octanol–water partition coefficient (Wildman–Crippen LogP) is 3.82. The molecule has 0 aliphatic heterocycles. The summed E-state index contributed by atoms with van der Waals surface area (Å²) in [6, 6.07) is 10.8. The van der Waals surface area contributed by atoms with E-state index < -0.39 is 12.1 Å². The predicted molar refractivity (Wildman–Crippen MR) is 104 cm³/mol. The molecule has 0 bridgehead atoms. The summed E-state index contributed by atoms with van der Waals surface area (Å²) in [5.74, 6) is -0.955. The number of nitrogens with one attached hydrogen (secondary N) is 1. The van der Waals surface area contributed by atoms with Crippen molar-refractivity contribution in [2.45, 2.75) is 33.3 Å². The zero-order valence-electron chi connectivity index (χ0n) is 15.5. The summed E-state index contributed by atoms with van der Waals surface area (Å²) in [6.07, 6.45) is 2.54. The Labute approximate surface area is 157 Å². The third-order valence-electron chi connectivity index (χ3n) is 4.41. The normalized spacial score (nSPS) is 11.8. The first-order chi connectivity index (χ1) is 13.0. The van der Waals surface area contributed by atoms with Crippen LogP contribution in [0.15, 0.2) is 48.8 Å². The van der Waals surface area contributed by atoms with Gasteiger partial charge in [0.2, 0.25) is 0 Å². The number of nitrogens with zero attached hydrogens (tertiary/aromatic N) is 2. The molecule has 0 radical (unpaired) electrons. The van der Waals surface area contributed by atoms with Crippen molar-refractivity contribution in [3.05, 3.63) is 65.5 Å². The third kappa shape index (κ3) is 4.11. The van der Waals surface area contributed by atoms with Crippen molar-refractivity contribution in [2.24, 2.45) is 0 Å². The minimum Gasteiger partial charge on any atom is -0.449 e. The molecule has 3 rings (SSSR count). The Kier molecular flexibility index (Phi) is 5.45. The molecular formula is C21H21N3O3. The summed E-state index contributed by atoms with van der Waals surface area (Å²) in [5, 5.41) is 2.81. The molecule has 27 heavy (non-hydrogen) atoms. The molecule has 0 fully saturated rings. The van der Waals surface area contributed by atoms with Gasteiger partial charge in [0.15, 0.2) is 6.10 Å². The van der Waals surface area contributed by atoms with Gasteiger partial charge in [-0.05, 0) is 55.7 Å². The summed E-state index contributed by atoms with van der Waals surface area (Å²) in [5.41, 5.74) is 4.23. The molecule has 6 nitrogen and oxygen atoms in total. The summed E-state index contributed by atoms with van der Waals surface area (Å²) in [6.45, 7) is 5.77. The van der Waals surface area contributed by atoms with E-state index in [0.717, 1.165) is 11.1 Å². The van der Waals surface area contributed by atoms with Crippen LogP contribution < -0.4 is 5.32 Å². The molecule has 0 saturated carbocycles. The van der Waals surface area contributed by atoms with E-state index in [2.05, 4.69) is 15.3 Å². The second-order valence-corrected chi connectivity index (χ2v) is 6.32. The molecule has 6 heteroatoms. The van der Waals surface area contributed by atoms with E-state index in [1.165, 1.54) is 6.20 Å². The molecular weight excluding hydrogens is 342 g/mol. The van der Waals surface area contributed by atoms with Crippen LogP contribution in [0.2, 0.25) is 0 Å². The first-order valence-corrected chi connectivity index (χ1v) is 8.78. The summed E-state index contributed by atoms with van der Waals surface area (Å²) < 4.78 is 5.46. The number of aromatic nitrogens is 2. The van der Waals surface area contributed by atoms with Gasteiger partial charge in [0.05, 0.1) is 11.1 Å². The van der Waals surface area contributed by atoms with Gasteiger partial charge >= 0.3 is 5.97 Å². The van der Waals surface area contributed by atoms with E-state index in [1.807, 2.05) is 32.0 Å². The molecule has 1 unspecified atom stereocenters. The van der Waals surface area contributed by atoms with Crippen molar-refractivity contribution < 1.29 is 14.3 Å². The van der Waals surface area contributed by atoms with Crippen LogP contribution in [0.1, 0.15) is 34.8 Å². The van der Waals surface area contributed by atoms with Crippen LogP contribution in [0.5, 0.6) is 0 Å². The molecule has 0 spiro atoms. The topological polar surface area (TPSA) is 81.2 Å². The van der Waals surface area contributed by atoms with Crippen molar-refractivity contribution >= 4 is 28.6 Å². The lowest BCUT2D eigenvalue weighted by atomic mass is 10.1. The van der Waals surface area contributed by atoms with E-state index in [1.54, 1.807) is 31.3 Å². The first kappa shape index (κ1) is 18.5. The van der Waals surface area contributed by atoms with Crippen LogP contribution in [-0.2, 0) is 9.53 Å². The number of para-hydroxylation sites is 1. The fourth-order valence-corrected chi connectivity index (χ4v) is 2.71. The number of hydrogen-bond donors (Lipinski definition) is 1. The highest BCUT2D eigenvalue weighted by molar-refractivity contribution is 6.03. The number of benzene rings is 2. The van der Waals surface area contributed by atoms with Gasteiger partial charge in [-0.2, -0.15) is 0 Å². The lowest BCUT2D eigenvalue weighted by Crippen LogP contribution is -2.32. The second-order valence-electron chi connectivity index (χ2n) is 6.32. The first-order valence-electron chi connectivity index (χ1n) is 8.78. The van der Waals surface area contributed by atoms with Gasteiger partial charge in [0.1, 0.15) is 5.52 Å². The number of hydrogen-bond acceptors (Lipinski definition) is 5. The Balaban J connectivity index is 1.76. The maximum atomic E-state index is 12.6. The summed E-state index contributed by atoms with van der Waals surface area (Å²) >= 11 is 0.